The highest BCUT2D eigenvalue weighted by atomic mass is 16.5. The number of benzene rings is 1. The molecule has 5 heteroatoms. The average molecular weight is 318 g/mol. The van der Waals surface area contributed by atoms with E-state index in [9.17, 15) is 4.79 Å². The van der Waals surface area contributed by atoms with Crippen LogP contribution < -0.4 is 15.4 Å². The van der Waals surface area contributed by atoms with Gasteiger partial charge in [0.1, 0.15) is 5.75 Å². The Morgan fingerprint density at radius 3 is 2.70 bits per heavy atom. The molecule has 23 heavy (non-hydrogen) atoms. The number of carbonyl (C=O) groups is 1. The van der Waals surface area contributed by atoms with Crippen molar-refractivity contribution in [1.29, 1.82) is 0 Å². The number of para-hydroxylation sites is 1. The Hall–Kier alpha value is -1.75. The Bertz CT molecular complexity index is 527. The third-order valence-corrected chi connectivity index (χ3v) is 4.71. The Balaban J connectivity index is 1.49. The predicted octanol–water partition coefficient (Wildman–Crippen LogP) is 2.58. The highest BCUT2D eigenvalue weighted by Crippen LogP contribution is 2.33. The summed E-state index contributed by atoms with van der Waals surface area (Å²) >= 11 is 0. The highest BCUT2D eigenvalue weighted by Gasteiger charge is 2.31. The lowest BCUT2D eigenvalue weighted by molar-refractivity contribution is 0.119. The molecule has 0 bridgehead atoms. The number of amides is 2. The van der Waals surface area contributed by atoms with Crippen molar-refractivity contribution in [2.24, 2.45) is 5.92 Å². The van der Waals surface area contributed by atoms with Crippen LogP contribution in [-0.2, 0) is 6.54 Å². The number of rotatable bonds is 8. The molecule has 1 aromatic rings. The van der Waals surface area contributed by atoms with E-state index in [4.69, 9.17) is 9.84 Å². The zero-order chi connectivity index (χ0) is 16.1. The minimum atomic E-state index is -0.172. The predicted molar refractivity (Wildman–Crippen MR) is 88.3 cm³/mol. The lowest BCUT2D eigenvalue weighted by atomic mass is 9.96. The third kappa shape index (κ3) is 4.61. The Morgan fingerprint density at radius 2 is 2.04 bits per heavy atom. The van der Waals surface area contributed by atoms with Crippen molar-refractivity contribution in [2.75, 3.05) is 6.61 Å². The van der Waals surface area contributed by atoms with Gasteiger partial charge in [-0.2, -0.15) is 0 Å². The fourth-order valence-corrected chi connectivity index (χ4v) is 2.89. The van der Waals surface area contributed by atoms with Crippen LogP contribution in [0.3, 0.4) is 0 Å². The maximum atomic E-state index is 12.1. The van der Waals surface area contributed by atoms with Gasteiger partial charge < -0.3 is 20.5 Å². The SMILES string of the molecule is O=C(NCc1ccccc1OC1CCC1)NC(CCO)C1CC1. The van der Waals surface area contributed by atoms with Crippen LogP contribution in [-0.4, -0.2) is 29.9 Å². The Morgan fingerprint density at radius 1 is 1.26 bits per heavy atom. The summed E-state index contributed by atoms with van der Waals surface area (Å²) in [4.78, 5) is 12.1. The van der Waals surface area contributed by atoms with Gasteiger partial charge in [-0.1, -0.05) is 18.2 Å². The monoisotopic (exact) mass is 318 g/mol. The number of nitrogens with one attached hydrogen (secondary N) is 2. The van der Waals surface area contributed by atoms with Crippen LogP contribution in [0.15, 0.2) is 24.3 Å². The smallest absolute Gasteiger partial charge is 0.315 e. The van der Waals surface area contributed by atoms with E-state index in [0.717, 1.165) is 37.0 Å². The van der Waals surface area contributed by atoms with E-state index in [1.807, 2.05) is 24.3 Å². The molecule has 2 fully saturated rings. The van der Waals surface area contributed by atoms with Crippen molar-refractivity contribution >= 4 is 6.03 Å². The molecule has 1 aromatic carbocycles. The summed E-state index contributed by atoms with van der Waals surface area (Å²) in [5, 5.41) is 15.0. The lowest BCUT2D eigenvalue weighted by Gasteiger charge is -2.27. The molecule has 1 unspecified atom stereocenters. The van der Waals surface area contributed by atoms with Gasteiger partial charge in [0.25, 0.3) is 0 Å². The number of urea groups is 1. The van der Waals surface area contributed by atoms with Gasteiger partial charge in [-0.15, -0.1) is 0 Å². The maximum Gasteiger partial charge on any atom is 0.315 e. The molecule has 5 nitrogen and oxygen atoms in total. The zero-order valence-corrected chi connectivity index (χ0v) is 13.5. The van der Waals surface area contributed by atoms with E-state index in [-0.39, 0.29) is 18.7 Å². The molecule has 2 amide bonds. The molecular formula is C18H26N2O3. The zero-order valence-electron chi connectivity index (χ0n) is 13.5. The number of hydrogen-bond acceptors (Lipinski definition) is 3. The first kappa shape index (κ1) is 16.1. The van der Waals surface area contributed by atoms with Gasteiger partial charge in [-0.05, 0) is 50.5 Å². The fourth-order valence-electron chi connectivity index (χ4n) is 2.89. The van der Waals surface area contributed by atoms with Crippen LogP contribution in [0.1, 0.15) is 44.1 Å². The molecule has 0 aromatic heterocycles. The van der Waals surface area contributed by atoms with Crippen molar-refractivity contribution in [3.8, 4) is 5.75 Å². The van der Waals surface area contributed by atoms with Crippen LogP contribution in [0.4, 0.5) is 4.79 Å². The molecule has 0 spiro atoms. The van der Waals surface area contributed by atoms with Crippen LogP contribution in [0.25, 0.3) is 0 Å². The fraction of sp³-hybridized carbons (Fsp3) is 0.611. The first-order valence-electron chi connectivity index (χ1n) is 8.66. The van der Waals surface area contributed by atoms with E-state index in [1.54, 1.807) is 0 Å². The van der Waals surface area contributed by atoms with E-state index >= 15 is 0 Å². The van der Waals surface area contributed by atoms with E-state index < -0.39 is 0 Å². The molecule has 0 aliphatic heterocycles. The van der Waals surface area contributed by atoms with Crippen LogP contribution in [0.5, 0.6) is 5.75 Å². The van der Waals surface area contributed by atoms with Crippen LogP contribution >= 0.6 is 0 Å². The lowest BCUT2D eigenvalue weighted by Crippen LogP contribution is -2.43. The van der Waals surface area contributed by atoms with Gasteiger partial charge in [0.05, 0.1) is 6.10 Å². The first-order chi connectivity index (χ1) is 11.3. The maximum absolute atomic E-state index is 12.1. The number of carbonyl (C=O) groups excluding carboxylic acids is 1. The van der Waals surface area contributed by atoms with Crippen molar-refractivity contribution < 1.29 is 14.6 Å². The number of ether oxygens (including phenoxy) is 1. The summed E-state index contributed by atoms with van der Waals surface area (Å²) in [5.74, 6) is 1.40. The molecule has 0 radical (unpaired) electrons. The quantitative estimate of drug-likeness (QED) is 0.690. The van der Waals surface area contributed by atoms with Crippen LogP contribution in [0, 0.1) is 5.92 Å². The Kier molecular flexibility index (Phi) is 5.39. The van der Waals surface area contributed by atoms with Gasteiger partial charge in [0.15, 0.2) is 0 Å². The molecule has 3 N–H and O–H groups in total. The highest BCUT2D eigenvalue weighted by molar-refractivity contribution is 5.74. The van der Waals surface area contributed by atoms with E-state index in [0.29, 0.717) is 25.0 Å². The molecular weight excluding hydrogens is 292 g/mol. The van der Waals surface area contributed by atoms with Gasteiger partial charge >= 0.3 is 6.03 Å². The second kappa shape index (κ2) is 7.68. The average Bonchev–Trinajstić information content (AvgIpc) is 3.34. The Labute approximate surface area is 137 Å². The molecule has 0 heterocycles. The summed E-state index contributed by atoms with van der Waals surface area (Å²) in [6, 6.07) is 7.78. The summed E-state index contributed by atoms with van der Waals surface area (Å²) < 4.78 is 5.98. The molecule has 2 aliphatic carbocycles. The number of aliphatic hydroxyl groups is 1. The largest absolute Gasteiger partial charge is 0.490 e. The van der Waals surface area contributed by atoms with Gasteiger partial charge in [0.2, 0.25) is 0 Å². The van der Waals surface area contributed by atoms with E-state index in [2.05, 4.69) is 10.6 Å². The summed E-state index contributed by atoms with van der Waals surface area (Å²) in [5.41, 5.74) is 1.000. The van der Waals surface area contributed by atoms with Crippen molar-refractivity contribution in [2.45, 2.75) is 57.2 Å². The minimum absolute atomic E-state index is 0.0847. The molecule has 2 aliphatic rings. The molecule has 1 atom stereocenters. The molecule has 3 rings (SSSR count). The second-order valence-electron chi connectivity index (χ2n) is 6.56. The topological polar surface area (TPSA) is 70.6 Å². The van der Waals surface area contributed by atoms with Crippen LogP contribution in [0.2, 0.25) is 0 Å². The minimum Gasteiger partial charge on any atom is -0.490 e. The van der Waals surface area contributed by atoms with E-state index in [1.165, 1.54) is 6.42 Å². The van der Waals surface area contributed by atoms with Gasteiger partial charge in [0, 0.05) is 24.8 Å². The molecule has 126 valence electrons. The molecule has 0 saturated heterocycles. The van der Waals surface area contributed by atoms with Gasteiger partial charge in [-0.3, -0.25) is 0 Å². The number of hydrogen-bond donors (Lipinski definition) is 3. The van der Waals surface area contributed by atoms with Gasteiger partial charge in [-0.25, -0.2) is 4.79 Å². The van der Waals surface area contributed by atoms with Crippen molar-refractivity contribution in [1.82, 2.24) is 10.6 Å². The van der Waals surface area contributed by atoms with Crippen molar-refractivity contribution in [3.05, 3.63) is 29.8 Å². The summed E-state index contributed by atoms with van der Waals surface area (Å²) in [6.07, 6.45) is 6.71. The third-order valence-electron chi connectivity index (χ3n) is 4.71. The normalized spacial score (nSPS) is 18.8. The standard InChI is InChI=1S/C18H26N2O3/c21-11-10-16(13-8-9-13)20-18(22)19-12-14-4-1-2-7-17(14)23-15-5-3-6-15/h1-2,4,7,13,15-16,21H,3,5-6,8-12H2,(H2,19,20,22). The number of aliphatic hydroxyl groups excluding tert-OH is 1. The second-order valence-corrected chi connectivity index (χ2v) is 6.56. The first-order valence-corrected chi connectivity index (χ1v) is 8.66. The summed E-state index contributed by atoms with van der Waals surface area (Å²) in [7, 11) is 0. The van der Waals surface area contributed by atoms with Crippen molar-refractivity contribution in [3.63, 3.8) is 0 Å². The molecule has 2 saturated carbocycles. The summed E-state index contributed by atoms with van der Waals surface area (Å²) in [6.45, 7) is 0.560.